The maximum Gasteiger partial charge on any atom is 0.416 e. The second kappa shape index (κ2) is 7.23. The van der Waals surface area contributed by atoms with Crippen LogP contribution in [0.1, 0.15) is 24.1 Å². The summed E-state index contributed by atoms with van der Waals surface area (Å²) >= 11 is 0. The van der Waals surface area contributed by atoms with Gasteiger partial charge in [-0.05, 0) is 36.8 Å². The first-order chi connectivity index (χ1) is 12.7. The van der Waals surface area contributed by atoms with Crippen LogP contribution < -0.4 is 10.2 Å². The Morgan fingerprint density at radius 2 is 1.70 bits per heavy atom. The van der Waals surface area contributed by atoms with Crippen LogP contribution in [-0.4, -0.2) is 31.7 Å². The van der Waals surface area contributed by atoms with E-state index >= 15 is 0 Å². The molecule has 1 atom stereocenters. The predicted molar refractivity (Wildman–Crippen MR) is 96.4 cm³/mol. The highest BCUT2D eigenvalue weighted by Gasteiger charge is 2.51. The number of nitrogens with one attached hydrogen (secondary N) is 1. The molecule has 1 unspecified atom stereocenters. The van der Waals surface area contributed by atoms with Crippen LogP contribution in [0.3, 0.4) is 0 Å². The van der Waals surface area contributed by atoms with E-state index in [1.54, 1.807) is 0 Å². The normalized spacial score (nSPS) is 17.1. The Morgan fingerprint density at radius 3 is 2.22 bits per heavy atom. The second-order valence-electron chi connectivity index (χ2n) is 6.75. The number of halogens is 3. The first kappa shape index (κ1) is 19.2. The van der Waals surface area contributed by atoms with E-state index in [0.717, 1.165) is 17.8 Å². The molecular formula is C20H21F3N2O2. The van der Waals surface area contributed by atoms with Gasteiger partial charge in [0, 0.05) is 24.8 Å². The summed E-state index contributed by atoms with van der Waals surface area (Å²) < 4.78 is 43.2. The van der Waals surface area contributed by atoms with Gasteiger partial charge in [-0.2, -0.15) is 13.2 Å². The van der Waals surface area contributed by atoms with Crippen LogP contribution in [0.25, 0.3) is 0 Å². The molecule has 1 aliphatic heterocycles. The number of hydrogen-bond donors (Lipinski definition) is 1. The first-order valence-corrected chi connectivity index (χ1v) is 8.58. The number of alkyl halides is 3. The highest BCUT2D eigenvalue weighted by Crippen LogP contribution is 2.33. The number of ether oxygens (including phenoxy) is 1. The van der Waals surface area contributed by atoms with Crippen LogP contribution >= 0.6 is 0 Å². The van der Waals surface area contributed by atoms with Gasteiger partial charge in [-0.25, -0.2) is 4.79 Å². The van der Waals surface area contributed by atoms with Crippen molar-refractivity contribution in [2.24, 2.45) is 0 Å². The zero-order chi connectivity index (χ0) is 19.7. The first-order valence-electron chi connectivity index (χ1n) is 8.58. The SMILES string of the molecule is COC(=O)C1(NC(C)c2ccc(C(F)(F)F)cc2)CN(c2ccccc2)C1. The third-order valence-electron chi connectivity index (χ3n) is 4.85. The van der Waals surface area contributed by atoms with Crippen LogP contribution in [0.4, 0.5) is 18.9 Å². The second-order valence-corrected chi connectivity index (χ2v) is 6.75. The van der Waals surface area contributed by atoms with Gasteiger partial charge in [0.25, 0.3) is 0 Å². The molecule has 0 aliphatic carbocycles. The highest BCUT2D eigenvalue weighted by molar-refractivity contribution is 5.85. The lowest BCUT2D eigenvalue weighted by Gasteiger charge is -2.50. The van der Waals surface area contributed by atoms with Crippen molar-refractivity contribution in [2.75, 3.05) is 25.1 Å². The zero-order valence-corrected chi connectivity index (χ0v) is 15.1. The van der Waals surface area contributed by atoms with Crippen LogP contribution in [0.2, 0.25) is 0 Å². The van der Waals surface area contributed by atoms with Gasteiger partial charge in [0.05, 0.1) is 12.7 Å². The molecule has 0 amide bonds. The number of esters is 1. The smallest absolute Gasteiger partial charge is 0.416 e. The van der Waals surface area contributed by atoms with Crippen molar-refractivity contribution in [1.29, 1.82) is 0 Å². The zero-order valence-electron chi connectivity index (χ0n) is 15.1. The summed E-state index contributed by atoms with van der Waals surface area (Å²) in [6, 6.07) is 14.3. The average molecular weight is 378 g/mol. The van der Waals surface area contributed by atoms with Crippen molar-refractivity contribution >= 4 is 11.7 Å². The molecule has 1 N–H and O–H groups in total. The van der Waals surface area contributed by atoms with Crippen molar-refractivity contribution in [3.63, 3.8) is 0 Å². The fourth-order valence-corrected chi connectivity index (χ4v) is 3.36. The van der Waals surface area contributed by atoms with Crippen molar-refractivity contribution in [1.82, 2.24) is 5.32 Å². The Labute approximate surface area is 155 Å². The van der Waals surface area contributed by atoms with Gasteiger partial charge in [0.1, 0.15) is 0 Å². The molecule has 3 rings (SSSR count). The van der Waals surface area contributed by atoms with Gasteiger partial charge < -0.3 is 9.64 Å². The van der Waals surface area contributed by atoms with Crippen molar-refractivity contribution in [3.05, 3.63) is 65.7 Å². The summed E-state index contributed by atoms with van der Waals surface area (Å²) in [5, 5.41) is 3.26. The van der Waals surface area contributed by atoms with Gasteiger partial charge in [-0.15, -0.1) is 0 Å². The molecule has 2 aromatic rings. The Bertz CT molecular complexity index is 785. The summed E-state index contributed by atoms with van der Waals surface area (Å²) in [5.41, 5.74) is 0.0812. The fourth-order valence-electron chi connectivity index (χ4n) is 3.36. The Morgan fingerprint density at radius 1 is 1.11 bits per heavy atom. The van der Waals surface area contributed by atoms with Gasteiger partial charge in [0.2, 0.25) is 0 Å². The minimum absolute atomic E-state index is 0.315. The fraction of sp³-hybridized carbons (Fsp3) is 0.350. The molecule has 1 fully saturated rings. The maximum absolute atomic E-state index is 12.7. The number of anilines is 1. The molecule has 0 spiro atoms. The molecule has 0 radical (unpaired) electrons. The van der Waals surface area contributed by atoms with E-state index in [4.69, 9.17) is 4.74 Å². The van der Waals surface area contributed by atoms with Crippen molar-refractivity contribution in [2.45, 2.75) is 24.7 Å². The molecule has 27 heavy (non-hydrogen) atoms. The van der Waals surface area contributed by atoms with Gasteiger partial charge >= 0.3 is 12.1 Å². The topological polar surface area (TPSA) is 41.6 Å². The molecule has 4 nitrogen and oxygen atoms in total. The summed E-state index contributed by atoms with van der Waals surface area (Å²) in [6.07, 6.45) is -4.37. The summed E-state index contributed by atoms with van der Waals surface area (Å²) in [5.74, 6) is -0.381. The molecule has 7 heteroatoms. The summed E-state index contributed by atoms with van der Waals surface area (Å²) in [7, 11) is 1.33. The van der Waals surface area contributed by atoms with Crippen molar-refractivity contribution < 1.29 is 22.7 Å². The number of hydrogen-bond acceptors (Lipinski definition) is 4. The largest absolute Gasteiger partial charge is 0.468 e. The third-order valence-corrected chi connectivity index (χ3v) is 4.85. The molecule has 0 bridgehead atoms. The quantitative estimate of drug-likeness (QED) is 0.804. The van der Waals surface area contributed by atoms with Crippen LogP contribution in [0.5, 0.6) is 0 Å². The van der Waals surface area contributed by atoms with E-state index in [9.17, 15) is 18.0 Å². The molecular weight excluding hydrogens is 357 g/mol. The van der Waals surface area contributed by atoms with E-state index < -0.39 is 17.3 Å². The van der Waals surface area contributed by atoms with E-state index in [-0.39, 0.29) is 12.0 Å². The number of benzene rings is 2. The number of nitrogens with zero attached hydrogens (tertiary/aromatic N) is 1. The Kier molecular flexibility index (Phi) is 5.15. The highest BCUT2D eigenvalue weighted by atomic mass is 19.4. The van der Waals surface area contributed by atoms with Crippen LogP contribution in [0, 0.1) is 0 Å². The lowest BCUT2D eigenvalue weighted by atomic mass is 9.87. The summed E-state index contributed by atoms with van der Waals surface area (Å²) in [4.78, 5) is 14.4. The van der Waals surface area contributed by atoms with Crippen molar-refractivity contribution in [3.8, 4) is 0 Å². The molecule has 0 saturated carbocycles. The van der Waals surface area contributed by atoms with E-state index in [1.165, 1.54) is 19.2 Å². The minimum atomic E-state index is -4.37. The number of methoxy groups -OCH3 is 1. The van der Waals surface area contributed by atoms with E-state index in [1.807, 2.05) is 42.2 Å². The number of rotatable bonds is 5. The molecule has 1 saturated heterocycles. The standard InChI is InChI=1S/C20H21F3N2O2/c1-14(15-8-10-16(11-9-15)20(21,22)23)24-19(18(26)27-2)12-25(13-19)17-6-4-3-5-7-17/h3-11,14,24H,12-13H2,1-2H3. The van der Waals surface area contributed by atoms with E-state index in [0.29, 0.717) is 18.7 Å². The Balaban J connectivity index is 1.73. The predicted octanol–water partition coefficient (Wildman–Crippen LogP) is 3.79. The Hall–Kier alpha value is -2.54. The number of para-hydroxylation sites is 1. The summed E-state index contributed by atoms with van der Waals surface area (Å²) in [6.45, 7) is 2.67. The van der Waals surface area contributed by atoms with E-state index in [2.05, 4.69) is 5.32 Å². The van der Waals surface area contributed by atoms with Gasteiger partial charge in [-0.1, -0.05) is 30.3 Å². The van der Waals surface area contributed by atoms with Crippen LogP contribution in [0.15, 0.2) is 54.6 Å². The number of carbonyl (C=O) groups is 1. The minimum Gasteiger partial charge on any atom is -0.468 e. The lowest BCUT2D eigenvalue weighted by molar-refractivity contribution is -0.150. The molecule has 1 heterocycles. The molecule has 0 aromatic heterocycles. The third kappa shape index (κ3) is 3.93. The van der Waals surface area contributed by atoms with Crippen LogP contribution in [-0.2, 0) is 15.7 Å². The molecule has 144 valence electrons. The molecule has 1 aliphatic rings. The monoisotopic (exact) mass is 378 g/mol. The average Bonchev–Trinajstić information content (AvgIpc) is 2.63. The number of carbonyl (C=O) groups excluding carboxylic acids is 1. The van der Waals surface area contributed by atoms with Gasteiger partial charge in [-0.3, -0.25) is 5.32 Å². The lowest BCUT2D eigenvalue weighted by Crippen LogP contribution is -2.74. The maximum atomic E-state index is 12.7. The van der Waals surface area contributed by atoms with Gasteiger partial charge in [0.15, 0.2) is 5.54 Å². The molecule has 2 aromatic carbocycles.